The van der Waals surface area contributed by atoms with Crippen LogP contribution >= 0.6 is 15.9 Å². The van der Waals surface area contributed by atoms with Crippen LogP contribution in [-0.4, -0.2) is 15.2 Å². The van der Waals surface area contributed by atoms with E-state index in [4.69, 9.17) is 4.52 Å². The molecule has 0 radical (unpaired) electrons. The first-order valence-electron chi connectivity index (χ1n) is 5.72. The van der Waals surface area contributed by atoms with Gasteiger partial charge in [-0.1, -0.05) is 21.1 Å². The molecule has 0 saturated heterocycles. The number of halogens is 2. The molecule has 3 aromatic rings. The Bertz CT molecular complexity index is 756. The van der Waals surface area contributed by atoms with Gasteiger partial charge < -0.3 is 9.63 Å². The lowest BCUT2D eigenvalue weighted by Gasteiger charge is -1.98. The number of rotatable bonds is 2. The predicted molar refractivity (Wildman–Crippen MR) is 74.5 cm³/mol. The van der Waals surface area contributed by atoms with E-state index in [0.29, 0.717) is 11.4 Å². The van der Waals surface area contributed by atoms with E-state index in [1.54, 1.807) is 0 Å². The summed E-state index contributed by atoms with van der Waals surface area (Å²) in [6.45, 7) is 0. The third kappa shape index (κ3) is 2.42. The molecule has 0 unspecified atom stereocenters. The van der Waals surface area contributed by atoms with Crippen molar-refractivity contribution >= 4 is 15.9 Å². The fourth-order valence-corrected chi connectivity index (χ4v) is 2.00. The molecule has 0 aliphatic rings. The van der Waals surface area contributed by atoms with Gasteiger partial charge in [-0.25, -0.2) is 4.39 Å². The third-order valence-electron chi connectivity index (χ3n) is 2.72. The number of benzene rings is 2. The van der Waals surface area contributed by atoms with Crippen molar-refractivity contribution < 1.29 is 14.0 Å². The Morgan fingerprint density at radius 3 is 2.55 bits per heavy atom. The van der Waals surface area contributed by atoms with Crippen molar-refractivity contribution in [2.45, 2.75) is 0 Å². The van der Waals surface area contributed by atoms with Gasteiger partial charge in [0.2, 0.25) is 5.82 Å². The van der Waals surface area contributed by atoms with Crippen molar-refractivity contribution in [3.8, 4) is 28.6 Å². The second kappa shape index (κ2) is 5.05. The number of nitrogens with zero attached hydrogens (tertiary/aromatic N) is 2. The summed E-state index contributed by atoms with van der Waals surface area (Å²) < 4.78 is 19.0. The number of phenolic OH excluding ortho intramolecular Hbond substituents is 1. The number of hydrogen-bond donors (Lipinski definition) is 1. The SMILES string of the molecule is Oc1cc(F)ccc1-c1nc(-c2ccc(Br)cc2)no1. The fraction of sp³-hybridized carbons (Fsp3) is 0. The maximum absolute atomic E-state index is 12.9. The van der Waals surface area contributed by atoms with Crippen molar-refractivity contribution in [1.29, 1.82) is 0 Å². The van der Waals surface area contributed by atoms with Gasteiger partial charge in [-0.05, 0) is 36.4 Å². The highest BCUT2D eigenvalue weighted by atomic mass is 79.9. The van der Waals surface area contributed by atoms with Crippen molar-refractivity contribution in [3.63, 3.8) is 0 Å². The third-order valence-corrected chi connectivity index (χ3v) is 3.25. The molecule has 0 amide bonds. The Morgan fingerprint density at radius 2 is 1.85 bits per heavy atom. The van der Waals surface area contributed by atoms with Gasteiger partial charge in [0.1, 0.15) is 11.6 Å². The van der Waals surface area contributed by atoms with Crippen molar-refractivity contribution in [3.05, 3.63) is 52.8 Å². The molecular formula is C14H8BrFN2O2. The molecular weight excluding hydrogens is 327 g/mol. The first-order valence-corrected chi connectivity index (χ1v) is 6.51. The first kappa shape index (κ1) is 12.8. The summed E-state index contributed by atoms with van der Waals surface area (Å²) in [6, 6.07) is 11.0. The largest absolute Gasteiger partial charge is 0.507 e. The first-order chi connectivity index (χ1) is 9.63. The van der Waals surface area contributed by atoms with Crippen LogP contribution in [0.15, 0.2) is 51.5 Å². The van der Waals surface area contributed by atoms with Crippen molar-refractivity contribution in [2.24, 2.45) is 0 Å². The van der Waals surface area contributed by atoms with Crippen LogP contribution in [0, 0.1) is 5.82 Å². The number of phenols is 1. The monoisotopic (exact) mass is 334 g/mol. The summed E-state index contributed by atoms with van der Waals surface area (Å²) in [5.41, 5.74) is 1.08. The summed E-state index contributed by atoms with van der Waals surface area (Å²) in [6.07, 6.45) is 0. The Balaban J connectivity index is 1.99. The van der Waals surface area contributed by atoms with E-state index in [-0.39, 0.29) is 11.6 Å². The van der Waals surface area contributed by atoms with E-state index < -0.39 is 5.82 Å². The second-order valence-electron chi connectivity index (χ2n) is 4.09. The Kier molecular flexibility index (Phi) is 3.23. The molecule has 6 heteroatoms. The van der Waals surface area contributed by atoms with Gasteiger partial charge in [-0.15, -0.1) is 0 Å². The van der Waals surface area contributed by atoms with Gasteiger partial charge in [0.15, 0.2) is 0 Å². The van der Waals surface area contributed by atoms with Crippen LogP contribution in [0.1, 0.15) is 0 Å². The topological polar surface area (TPSA) is 59.2 Å². The van der Waals surface area contributed by atoms with E-state index in [1.165, 1.54) is 12.1 Å². The molecule has 0 fully saturated rings. The zero-order valence-corrected chi connectivity index (χ0v) is 11.6. The highest BCUT2D eigenvalue weighted by molar-refractivity contribution is 9.10. The van der Waals surface area contributed by atoms with Gasteiger partial charge in [0.25, 0.3) is 5.89 Å². The summed E-state index contributed by atoms with van der Waals surface area (Å²) in [7, 11) is 0. The smallest absolute Gasteiger partial charge is 0.262 e. The fourth-order valence-electron chi connectivity index (χ4n) is 1.73. The molecule has 0 spiro atoms. The van der Waals surface area contributed by atoms with Gasteiger partial charge in [-0.2, -0.15) is 4.98 Å². The number of hydrogen-bond acceptors (Lipinski definition) is 4. The molecule has 2 aromatic carbocycles. The molecule has 1 heterocycles. The zero-order valence-electron chi connectivity index (χ0n) is 10.0. The lowest BCUT2D eigenvalue weighted by atomic mass is 10.2. The lowest BCUT2D eigenvalue weighted by Crippen LogP contribution is -1.83. The standard InChI is InChI=1S/C14H8BrFN2O2/c15-9-3-1-8(2-4-9)13-17-14(20-18-13)11-6-5-10(16)7-12(11)19/h1-7,19H. The van der Waals surface area contributed by atoms with Crippen LogP contribution in [0.3, 0.4) is 0 Å². The maximum Gasteiger partial charge on any atom is 0.262 e. The molecule has 1 N–H and O–H groups in total. The van der Waals surface area contributed by atoms with Crippen molar-refractivity contribution in [2.75, 3.05) is 0 Å². The Labute approximate surface area is 122 Å². The summed E-state index contributed by atoms with van der Waals surface area (Å²) in [5.74, 6) is -0.230. The van der Waals surface area contributed by atoms with Gasteiger partial charge in [0, 0.05) is 16.1 Å². The minimum Gasteiger partial charge on any atom is -0.507 e. The highest BCUT2D eigenvalue weighted by Gasteiger charge is 2.14. The highest BCUT2D eigenvalue weighted by Crippen LogP contribution is 2.30. The molecule has 0 bridgehead atoms. The number of aromatic hydroxyl groups is 1. The predicted octanol–water partition coefficient (Wildman–Crippen LogP) is 4.01. The summed E-state index contributed by atoms with van der Waals surface area (Å²) in [5, 5.41) is 13.5. The summed E-state index contributed by atoms with van der Waals surface area (Å²) >= 11 is 3.34. The van der Waals surface area contributed by atoms with Crippen molar-refractivity contribution in [1.82, 2.24) is 10.1 Å². The van der Waals surface area contributed by atoms with Gasteiger partial charge in [-0.3, -0.25) is 0 Å². The van der Waals surface area contributed by atoms with E-state index in [9.17, 15) is 9.50 Å². The van der Waals surface area contributed by atoms with E-state index in [1.807, 2.05) is 24.3 Å². The second-order valence-corrected chi connectivity index (χ2v) is 5.01. The van der Waals surface area contributed by atoms with Crippen LogP contribution in [0.2, 0.25) is 0 Å². The van der Waals surface area contributed by atoms with Crippen LogP contribution in [-0.2, 0) is 0 Å². The number of aromatic nitrogens is 2. The van der Waals surface area contributed by atoms with Crippen LogP contribution in [0.4, 0.5) is 4.39 Å². The molecule has 100 valence electrons. The molecule has 0 saturated carbocycles. The Hall–Kier alpha value is -2.21. The average molecular weight is 335 g/mol. The van der Waals surface area contributed by atoms with Crippen LogP contribution < -0.4 is 0 Å². The quantitative estimate of drug-likeness (QED) is 0.769. The zero-order chi connectivity index (χ0) is 14.1. The average Bonchev–Trinajstić information content (AvgIpc) is 2.89. The van der Waals surface area contributed by atoms with E-state index >= 15 is 0 Å². The molecule has 4 nitrogen and oxygen atoms in total. The molecule has 0 aliphatic heterocycles. The van der Waals surface area contributed by atoms with Crippen LogP contribution in [0.5, 0.6) is 5.75 Å². The minimum atomic E-state index is -0.529. The van der Waals surface area contributed by atoms with Gasteiger partial charge in [0.05, 0.1) is 5.56 Å². The minimum absolute atomic E-state index is 0.139. The molecule has 0 atom stereocenters. The molecule has 1 aromatic heterocycles. The molecule has 3 rings (SSSR count). The van der Waals surface area contributed by atoms with Crippen LogP contribution in [0.25, 0.3) is 22.8 Å². The maximum atomic E-state index is 12.9. The van der Waals surface area contributed by atoms with E-state index in [0.717, 1.165) is 16.1 Å². The Morgan fingerprint density at radius 1 is 1.10 bits per heavy atom. The molecule has 20 heavy (non-hydrogen) atoms. The normalized spacial score (nSPS) is 10.7. The van der Waals surface area contributed by atoms with E-state index in [2.05, 4.69) is 26.1 Å². The van der Waals surface area contributed by atoms with Gasteiger partial charge >= 0.3 is 0 Å². The summed E-state index contributed by atoms with van der Waals surface area (Å²) in [4.78, 5) is 4.20. The molecule has 0 aliphatic carbocycles. The lowest BCUT2D eigenvalue weighted by molar-refractivity contribution is 0.425.